The van der Waals surface area contributed by atoms with Crippen LogP contribution in [0.2, 0.25) is 0 Å². The smallest absolute Gasteiger partial charge is 0.322 e. The van der Waals surface area contributed by atoms with Crippen molar-refractivity contribution in [2.45, 2.75) is 13.0 Å². The molecule has 3 aromatic rings. The number of H-pyrrole nitrogens is 1. The van der Waals surface area contributed by atoms with E-state index in [9.17, 15) is 31.5 Å². The van der Waals surface area contributed by atoms with Crippen molar-refractivity contribution >= 4 is 22.5 Å². The van der Waals surface area contributed by atoms with Crippen molar-refractivity contribution in [3.05, 3.63) is 75.5 Å². The van der Waals surface area contributed by atoms with Crippen molar-refractivity contribution in [3.63, 3.8) is 0 Å². The van der Waals surface area contributed by atoms with Crippen LogP contribution >= 0.6 is 0 Å². The fourth-order valence-electron chi connectivity index (χ4n) is 2.84. The third kappa shape index (κ3) is 3.78. The number of urea groups is 1. The van der Waals surface area contributed by atoms with Gasteiger partial charge in [0.05, 0.1) is 11.4 Å². The van der Waals surface area contributed by atoms with Gasteiger partial charge in [0.15, 0.2) is 29.1 Å². The number of halogens is 5. The van der Waals surface area contributed by atoms with Crippen molar-refractivity contribution < 1.29 is 26.7 Å². The molecule has 0 unspecified atom stereocenters. The molecule has 2 N–H and O–H groups in total. The quantitative estimate of drug-likeness (QED) is 0.494. The molecule has 0 radical (unpaired) electrons. The fraction of sp³-hybridized carbons (Fsp3) is 0.158. The van der Waals surface area contributed by atoms with Gasteiger partial charge < -0.3 is 15.2 Å². The number of anilines is 1. The zero-order valence-electron chi connectivity index (χ0n) is 15.1. The monoisotopic (exact) mass is 411 g/mol. The highest BCUT2D eigenvalue weighted by atomic mass is 19.2. The Labute approximate surface area is 160 Å². The Morgan fingerprint density at radius 3 is 2.10 bits per heavy atom. The minimum absolute atomic E-state index is 0.0960. The highest BCUT2D eigenvalue weighted by Gasteiger charge is 2.22. The lowest BCUT2D eigenvalue weighted by atomic mass is 10.0. The van der Waals surface area contributed by atoms with Gasteiger partial charge in [-0.3, -0.25) is 4.79 Å². The third-order valence-corrected chi connectivity index (χ3v) is 4.56. The Morgan fingerprint density at radius 1 is 0.966 bits per heavy atom. The Kier molecular flexibility index (Phi) is 5.27. The molecule has 1 aromatic heterocycles. The molecule has 1 atom stereocenters. The van der Waals surface area contributed by atoms with Crippen LogP contribution in [0.4, 0.5) is 32.4 Å². The lowest BCUT2D eigenvalue weighted by Crippen LogP contribution is -2.34. The normalized spacial score (nSPS) is 12.1. The van der Waals surface area contributed by atoms with Gasteiger partial charge in [-0.1, -0.05) is 0 Å². The first kappa shape index (κ1) is 20.3. The topological polar surface area (TPSA) is 65.2 Å². The predicted octanol–water partition coefficient (Wildman–Crippen LogP) is 4.45. The Bertz CT molecular complexity index is 1160. The van der Waals surface area contributed by atoms with E-state index in [1.54, 1.807) is 6.92 Å². The fourth-order valence-corrected chi connectivity index (χ4v) is 2.84. The van der Waals surface area contributed by atoms with E-state index in [1.807, 2.05) is 0 Å². The van der Waals surface area contributed by atoms with E-state index in [0.717, 1.165) is 17.0 Å². The summed E-state index contributed by atoms with van der Waals surface area (Å²) in [7, 11) is 1.34. The maximum Gasteiger partial charge on any atom is 0.322 e. The molecule has 2 aromatic carbocycles. The molecule has 2 amide bonds. The number of benzene rings is 2. The van der Waals surface area contributed by atoms with Crippen LogP contribution in [0, 0.1) is 29.1 Å². The summed E-state index contributed by atoms with van der Waals surface area (Å²) in [4.78, 5) is 27.8. The zero-order chi connectivity index (χ0) is 21.5. The molecule has 0 fully saturated rings. The molecule has 10 heteroatoms. The number of carbonyl (C=O) groups excluding carboxylic acids is 1. The summed E-state index contributed by atoms with van der Waals surface area (Å²) in [6.45, 7) is 1.54. The number of aromatic amines is 1. The molecule has 152 valence electrons. The number of nitrogens with zero attached hydrogens (tertiary/aromatic N) is 1. The molecule has 5 nitrogen and oxygen atoms in total. The van der Waals surface area contributed by atoms with Gasteiger partial charge in [-0.25, -0.2) is 26.7 Å². The molecule has 0 spiro atoms. The second-order valence-electron chi connectivity index (χ2n) is 6.36. The van der Waals surface area contributed by atoms with Crippen LogP contribution in [-0.4, -0.2) is 23.0 Å². The minimum Gasteiger partial charge on any atom is -0.328 e. The maximum absolute atomic E-state index is 13.7. The van der Waals surface area contributed by atoms with Gasteiger partial charge in [0, 0.05) is 31.1 Å². The summed E-state index contributed by atoms with van der Waals surface area (Å²) in [6, 6.07) is 1.25. The van der Waals surface area contributed by atoms with E-state index < -0.39 is 46.7 Å². The van der Waals surface area contributed by atoms with E-state index in [4.69, 9.17) is 0 Å². The maximum atomic E-state index is 13.7. The highest BCUT2D eigenvalue weighted by molar-refractivity contribution is 5.90. The Balaban J connectivity index is 1.93. The molecule has 0 bridgehead atoms. The number of carbonyl (C=O) groups is 1. The van der Waals surface area contributed by atoms with Gasteiger partial charge >= 0.3 is 6.03 Å². The summed E-state index contributed by atoms with van der Waals surface area (Å²) >= 11 is 0. The summed E-state index contributed by atoms with van der Waals surface area (Å²) in [5, 5.41) is 2.20. The largest absolute Gasteiger partial charge is 0.328 e. The average Bonchev–Trinajstić information content (AvgIpc) is 2.66. The molecule has 0 aliphatic heterocycles. The Hall–Kier alpha value is -3.43. The lowest BCUT2D eigenvalue weighted by molar-refractivity contribution is 0.208. The number of rotatable bonds is 3. The van der Waals surface area contributed by atoms with Crippen molar-refractivity contribution in [1.29, 1.82) is 0 Å². The number of aromatic nitrogens is 1. The van der Waals surface area contributed by atoms with Crippen molar-refractivity contribution in [3.8, 4) is 0 Å². The van der Waals surface area contributed by atoms with E-state index in [0.29, 0.717) is 17.7 Å². The predicted molar refractivity (Wildman–Crippen MR) is 96.0 cm³/mol. The second-order valence-corrected chi connectivity index (χ2v) is 6.36. The van der Waals surface area contributed by atoms with Crippen LogP contribution in [0.1, 0.15) is 18.5 Å². The first-order valence-electron chi connectivity index (χ1n) is 8.28. The molecule has 0 aliphatic rings. The summed E-state index contributed by atoms with van der Waals surface area (Å²) in [5.74, 6) is -6.97. The van der Waals surface area contributed by atoms with Gasteiger partial charge in [-0.05, 0) is 30.0 Å². The van der Waals surface area contributed by atoms with E-state index in [1.165, 1.54) is 13.2 Å². The molecule has 0 saturated carbocycles. The van der Waals surface area contributed by atoms with Gasteiger partial charge in [0.25, 0.3) is 5.56 Å². The zero-order valence-corrected chi connectivity index (χ0v) is 15.1. The van der Waals surface area contributed by atoms with Crippen LogP contribution < -0.4 is 10.9 Å². The van der Waals surface area contributed by atoms with Crippen LogP contribution in [0.15, 0.2) is 35.3 Å². The molecule has 3 rings (SSSR count). The standard InChI is InChI=1S/C19H14F5N3O2/c1-8(12-7-25-18(28)11-6-14(21)13(20)5-10(11)12)27(2)19(29)26-9-3-15(22)17(24)16(23)4-9/h3-8H,1-2H3,(H,25,28)(H,26,29)/t8-/m0/s1. The number of hydrogen-bond donors (Lipinski definition) is 2. The first-order chi connectivity index (χ1) is 13.6. The molecule has 29 heavy (non-hydrogen) atoms. The number of fused-ring (bicyclic) bond motifs is 1. The summed E-state index contributed by atoms with van der Waals surface area (Å²) in [6.07, 6.45) is 1.26. The van der Waals surface area contributed by atoms with Gasteiger partial charge in [-0.2, -0.15) is 0 Å². The first-order valence-corrected chi connectivity index (χ1v) is 8.28. The molecule has 1 heterocycles. The Morgan fingerprint density at radius 2 is 1.52 bits per heavy atom. The number of nitrogens with one attached hydrogen (secondary N) is 2. The lowest BCUT2D eigenvalue weighted by Gasteiger charge is -2.26. The second kappa shape index (κ2) is 7.53. The van der Waals surface area contributed by atoms with Crippen LogP contribution in [0.3, 0.4) is 0 Å². The van der Waals surface area contributed by atoms with Crippen LogP contribution in [0.5, 0.6) is 0 Å². The summed E-state index contributed by atoms with van der Waals surface area (Å²) in [5.41, 5.74) is -0.656. The van der Waals surface area contributed by atoms with Gasteiger partial charge in [0.1, 0.15) is 0 Å². The molecular weight excluding hydrogens is 397 g/mol. The average molecular weight is 411 g/mol. The minimum atomic E-state index is -1.67. The van der Waals surface area contributed by atoms with E-state index in [2.05, 4.69) is 10.3 Å². The number of hydrogen-bond acceptors (Lipinski definition) is 2. The number of pyridine rings is 1. The van der Waals surface area contributed by atoms with Crippen molar-refractivity contribution in [2.24, 2.45) is 0 Å². The third-order valence-electron chi connectivity index (χ3n) is 4.56. The molecule has 0 saturated heterocycles. The van der Waals surface area contributed by atoms with E-state index >= 15 is 0 Å². The van der Waals surface area contributed by atoms with Crippen LogP contribution in [0.25, 0.3) is 10.8 Å². The molecule has 0 aliphatic carbocycles. The molecular formula is C19H14F5N3O2. The van der Waals surface area contributed by atoms with E-state index in [-0.39, 0.29) is 16.5 Å². The van der Waals surface area contributed by atoms with Crippen molar-refractivity contribution in [1.82, 2.24) is 9.88 Å². The summed E-state index contributed by atoms with van der Waals surface area (Å²) < 4.78 is 66.9. The van der Waals surface area contributed by atoms with Gasteiger partial charge in [0.2, 0.25) is 0 Å². The van der Waals surface area contributed by atoms with Crippen LogP contribution in [-0.2, 0) is 0 Å². The SMILES string of the molecule is C[C@@H](c1c[nH]c(=O)c2cc(F)c(F)cc12)N(C)C(=O)Nc1cc(F)c(F)c(F)c1. The number of amides is 2. The van der Waals surface area contributed by atoms with Gasteiger partial charge in [-0.15, -0.1) is 0 Å². The van der Waals surface area contributed by atoms with Crippen molar-refractivity contribution in [2.75, 3.05) is 12.4 Å². The highest BCUT2D eigenvalue weighted by Crippen LogP contribution is 2.27.